The molecule has 0 aliphatic rings. The highest BCUT2D eigenvalue weighted by Gasteiger charge is 2.18. The SMILES string of the molecule is CCC(=O)Nc1ccc(NC(=O)c2cc(OC)c(OCc3ccccc3)c(OC)c2)cc1. The van der Waals surface area contributed by atoms with Crippen LogP contribution in [0, 0.1) is 0 Å². The summed E-state index contributed by atoms with van der Waals surface area (Å²) in [5, 5.41) is 5.59. The van der Waals surface area contributed by atoms with Crippen LogP contribution in [-0.4, -0.2) is 26.0 Å². The molecule has 0 bridgehead atoms. The highest BCUT2D eigenvalue weighted by molar-refractivity contribution is 6.05. The van der Waals surface area contributed by atoms with Gasteiger partial charge in [-0.25, -0.2) is 0 Å². The Bertz CT molecular complexity index is 1040. The first-order chi connectivity index (χ1) is 15.5. The minimum absolute atomic E-state index is 0.0736. The average molecular weight is 434 g/mol. The lowest BCUT2D eigenvalue weighted by molar-refractivity contribution is -0.115. The number of carbonyl (C=O) groups excluding carboxylic acids is 2. The van der Waals surface area contributed by atoms with Crippen molar-refractivity contribution < 1.29 is 23.8 Å². The van der Waals surface area contributed by atoms with Crippen molar-refractivity contribution in [2.75, 3.05) is 24.9 Å². The van der Waals surface area contributed by atoms with E-state index in [0.717, 1.165) is 5.56 Å². The van der Waals surface area contributed by atoms with Gasteiger partial charge in [-0.3, -0.25) is 9.59 Å². The number of methoxy groups -OCH3 is 2. The van der Waals surface area contributed by atoms with Gasteiger partial charge in [-0.1, -0.05) is 37.3 Å². The number of benzene rings is 3. The molecule has 32 heavy (non-hydrogen) atoms. The monoisotopic (exact) mass is 434 g/mol. The van der Waals surface area contributed by atoms with E-state index in [1.54, 1.807) is 43.3 Å². The molecule has 0 radical (unpaired) electrons. The third-order valence-corrected chi connectivity index (χ3v) is 4.70. The van der Waals surface area contributed by atoms with Gasteiger partial charge in [-0.05, 0) is 42.0 Å². The fourth-order valence-corrected chi connectivity index (χ4v) is 2.97. The van der Waals surface area contributed by atoms with Gasteiger partial charge >= 0.3 is 0 Å². The van der Waals surface area contributed by atoms with E-state index < -0.39 is 0 Å². The lowest BCUT2D eigenvalue weighted by Crippen LogP contribution is -2.13. The Labute approximate surface area is 187 Å². The molecule has 0 unspecified atom stereocenters. The average Bonchev–Trinajstić information content (AvgIpc) is 2.83. The van der Waals surface area contributed by atoms with Crippen LogP contribution in [0.2, 0.25) is 0 Å². The molecule has 0 aromatic heterocycles. The summed E-state index contributed by atoms with van der Waals surface area (Å²) in [7, 11) is 3.02. The summed E-state index contributed by atoms with van der Waals surface area (Å²) in [6.45, 7) is 2.12. The number of carbonyl (C=O) groups is 2. The third kappa shape index (κ3) is 5.78. The lowest BCUT2D eigenvalue weighted by atomic mass is 10.1. The summed E-state index contributed by atoms with van der Waals surface area (Å²) in [6.07, 6.45) is 0.396. The van der Waals surface area contributed by atoms with E-state index in [1.807, 2.05) is 30.3 Å². The number of hydrogen-bond acceptors (Lipinski definition) is 5. The molecule has 0 saturated heterocycles. The Hall–Kier alpha value is -4.00. The molecule has 7 nitrogen and oxygen atoms in total. The summed E-state index contributed by atoms with van der Waals surface area (Å²) in [4.78, 5) is 24.3. The summed E-state index contributed by atoms with van der Waals surface area (Å²) in [6, 6.07) is 19.8. The maximum absolute atomic E-state index is 12.8. The summed E-state index contributed by atoms with van der Waals surface area (Å²) in [5.41, 5.74) is 2.61. The van der Waals surface area contributed by atoms with Gasteiger partial charge in [0.1, 0.15) is 6.61 Å². The molecule has 166 valence electrons. The molecule has 3 aromatic rings. The van der Waals surface area contributed by atoms with Gasteiger partial charge in [-0.15, -0.1) is 0 Å². The van der Waals surface area contributed by atoms with Crippen molar-refractivity contribution in [3.05, 3.63) is 77.9 Å². The smallest absolute Gasteiger partial charge is 0.255 e. The van der Waals surface area contributed by atoms with E-state index in [2.05, 4.69) is 10.6 Å². The van der Waals surface area contributed by atoms with Gasteiger partial charge < -0.3 is 24.8 Å². The molecule has 3 aromatic carbocycles. The van der Waals surface area contributed by atoms with Crippen molar-refractivity contribution in [2.24, 2.45) is 0 Å². The fourth-order valence-electron chi connectivity index (χ4n) is 2.97. The largest absolute Gasteiger partial charge is 0.493 e. The molecule has 2 amide bonds. The molecule has 2 N–H and O–H groups in total. The minimum atomic E-state index is -0.332. The first-order valence-electron chi connectivity index (χ1n) is 10.2. The quantitative estimate of drug-likeness (QED) is 0.501. The number of hydrogen-bond donors (Lipinski definition) is 2. The Morgan fingerprint density at radius 3 is 1.91 bits per heavy atom. The van der Waals surface area contributed by atoms with Gasteiger partial charge in [-0.2, -0.15) is 0 Å². The zero-order chi connectivity index (χ0) is 22.9. The molecular formula is C25H26N2O5. The Balaban J connectivity index is 1.75. The molecule has 0 aliphatic heterocycles. The van der Waals surface area contributed by atoms with E-state index in [4.69, 9.17) is 14.2 Å². The lowest BCUT2D eigenvalue weighted by Gasteiger charge is -2.16. The van der Waals surface area contributed by atoms with Crippen LogP contribution in [0.4, 0.5) is 11.4 Å². The second-order valence-electron chi connectivity index (χ2n) is 6.92. The molecule has 0 spiro atoms. The first-order valence-corrected chi connectivity index (χ1v) is 10.2. The Morgan fingerprint density at radius 1 is 0.812 bits per heavy atom. The van der Waals surface area contributed by atoms with E-state index in [9.17, 15) is 9.59 Å². The predicted molar refractivity (Wildman–Crippen MR) is 124 cm³/mol. The van der Waals surface area contributed by atoms with Gasteiger partial charge in [0.05, 0.1) is 14.2 Å². The maximum atomic E-state index is 12.8. The zero-order valence-electron chi connectivity index (χ0n) is 18.3. The van der Waals surface area contributed by atoms with Crippen LogP contribution < -0.4 is 24.8 Å². The van der Waals surface area contributed by atoms with Crippen LogP contribution in [-0.2, 0) is 11.4 Å². The predicted octanol–water partition coefficient (Wildman–Crippen LogP) is 4.88. The molecule has 0 saturated carbocycles. The summed E-state index contributed by atoms with van der Waals surface area (Å²) in [5.74, 6) is 0.801. The molecule has 0 fully saturated rings. The minimum Gasteiger partial charge on any atom is -0.493 e. The van der Waals surface area contributed by atoms with Crippen LogP contribution in [0.1, 0.15) is 29.3 Å². The van der Waals surface area contributed by atoms with E-state index in [-0.39, 0.29) is 11.8 Å². The number of anilines is 2. The van der Waals surface area contributed by atoms with Crippen LogP contribution in [0.25, 0.3) is 0 Å². The Kier molecular flexibility index (Phi) is 7.70. The molecule has 7 heteroatoms. The van der Waals surface area contributed by atoms with Crippen LogP contribution in [0.15, 0.2) is 66.7 Å². The van der Waals surface area contributed by atoms with Crippen LogP contribution in [0.5, 0.6) is 17.2 Å². The van der Waals surface area contributed by atoms with Gasteiger partial charge in [0.25, 0.3) is 5.91 Å². The Morgan fingerprint density at radius 2 is 1.38 bits per heavy atom. The summed E-state index contributed by atoms with van der Waals surface area (Å²) >= 11 is 0. The van der Waals surface area contributed by atoms with Gasteiger partial charge in [0.15, 0.2) is 11.5 Å². The van der Waals surface area contributed by atoms with Crippen molar-refractivity contribution >= 4 is 23.2 Å². The second-order valence-corrected chi connectivity index (χ2v) is 6.92. The number of ether oxygens (including phenoxy) is 3. The second kappa shape index (κ2) is 10.9. The topological polar surface area (TPSA) is 85.9 Å². The third-order valence-electron chi connectivity index (χ3n) is 4.70. The molecule has 0 aliphatic carbocycles. The maximum Gasteiger partial charge on any atom is 0.255 e. The van der Waals surface area contributed by atoms with Crippen LogP contribution >= 0.6 is 0 Å². The normalized spacial score (nSPS) is 10.2. The van der Waals surface area contributed by atoms with Crippen molar-refractivity contribution in [1.29, 1.82) is 0 Å². The zero-order valence-corrected chi connectivity index (χ0v) is 18.3. The number of rotatable bonds is 9. The standard InChI is InChI=1S/C25H26N2O5/c1-4-23(28)26-19-10-12-20(13-11-19)27-25(29)18-14-21(30-2)24(22(15-18)31-3)32-16-17-8-6-5-7-9-17/h5-15H,4,16H2,1-3H3,(H,26,28)(H,27,29). The summed E-state index contributed by atoms with van der Waals surface area (Å²) < 4.78 is 16.8. The van der Waals surface area contributed by atoms with E-state index in [0.29, 0.717) is 47.2 Å². The van der Waals surface area contributed by atoms with Crippen molar-refractivity contribution in [3.8, 4) is 17.2 Å². The van der Waals surface area contributed by atoms with Crippen LogP contribution in [0.3, 0.4) is 0 Å². The van der Waals surface area contributed by atoms with Crippen molar-refractivity contribution in [1.82, 2.24) is 0 Å². The van der Waals surface area contributed by atoms with Crippen molar-refractivity contribution in [3.63, 3.8) is 0 Å². The molecular weight excluding hydrogens is 408 g/mol. The molecule has 0 heterocycles. The van der Waals surface area contributed by atoms with E-state index >= 15 is 0 Å². The molecule has 0 atom stereocenters. The fraction of sp³-hybridized carbons (Fsp3) is 0.200. The van der Waals surface area contributed by atoms with Gasteiger partial charge in [0, 0.05) is 23.4 Å². The van der Waals surface area contributed by atoms with E-state index in [1.165, 1.54) is 14.2 Å². The van der Waals surface area contributed by atoms with Crippen molar-refractivity contribution in [2.45, 2.75) is 20.0 Å². The van der Waals surface area contributed by atoms with Gasteiger partial charge in [0.2, 0.25) is 11.7 Å². The number of nitrogens with one attached hydrogen (secondary N) is 2. The highest BCUT2D eigenvalue weighted by Crippen LogP contribution is 2.39. The highest BCUT2D eigenvalue weighted by atomic mass is 16.5. The number of amides is 2. The molecule has 3 rings (SSSR count). The first kappa shape index (κ1) is 22.7.